The Morgan fingerprint density at radius 3 is 2.29 bits per heavy atom. The molecule has 0 unspecified atom stereocenters. The van der Waals surface area contributed by atoms with Crippen LogP contribution in [0.25, 0.3) is 0 Å². The average Bonchev–Trinajstić information content (AvgIpc) is 2.45. The van der Waals surface area contributed by atoms with Crippen LogP contribution in [0.1, 0.15) is 78.1 Å². The van der Waals surface area contributed by atoms with E-state index in [2.05, 4.69) is 6.92 Å². The second kappa shape index (κ2) is 9.80. The molecule has 0 spiro atoms. The summed E-state index contributed by atoms with van der Waals surface area (Å²) in [5, 5.41) is 9.15. The van der Waals surface area contributed by atoms with Crippen molar-refractivity contribution in [2.24, 2.45) is 11.8 Å². The minimum Gasteiger partial charge on any atom is -0.481 e. The van der Waals surface area contributed by atoms with Crippen molar-refractivity contribution in [1.29, 1.82) is 0 Å². The zero-order valence-electron chi connectivity index (χ0n) is 13.5. The number of rotatable bonds is 10. The van der Waals surface area contributed by atoms with Crippen LogP contribution in [-0.2, 0) is 14.3 Å². The Balaban J connectivity index is 2.14. The summed E-state index contributed by atoms with van der Waals surface area (Å²) in [4.78, 5) is 22.8. The van der Waals surface area contributed by atoms with Crippen molar-refractivity contribution in [3.8, 4) is 0 Å². The molecule has 0 bridgehead atoms. The van der Waals surface area contributed by atoms with Crippen LogP contribution in [0, 0.1) is 11.8 Å². The van der Waals surface area contributed by atoms with E-state index in [9.17, 15) is 9.59 Å². The number of cyclic esters (lactones) is 1. The molecule has 4 heteroatoms. The first-order valence-electron chi connectivity index (χ1n) is 8.49. The van der Waals surface area contributed by atoms with Gasteiger partial charge in [-0.1, -0.05) is 58.8 Å². The van der Waals surface area contributed by atoms with Gasteiger partial charge in [0.15, 0.2) is 0 Å². The monoisotopic (exact) mass is 298 g/mol. The van der Waals surface area contributed by atoms with Crippen LogP contribution in [0.3, 0.4) is 0 Å². The van der Waals surface area contributed by atoms with E-state index in [1.807, 2.05) is 0 Å². The minimum absolute atomic E-state index is 0.199. The van der Waals surface area contributed by atoms with Crippen molar-refractivity contribution in [2.45, 2.75) is 84.2 Å². The lowest BCUT2D eigenvalue weighted by atomic mass is 9.85. The molecule has 0 amide bonds. The first-order chi connectivity index (χ1) is 10.1. The Bertz CT molecular complexity index is 327. The summed E-state index contributed by atoms with van der Waals surface area (Å²) in [6, 6.07) is 0. The number of hydrogen-bond acceptors (Lipinski definition) is 3. The fourth-order valence-electron chi connectivity index (χ4n) is 2.97. The Kier molecular flexibility index (Phi) is 8.40. The molecule has 122 valence electrons. The van der Waals surface area contributed by atoms with Crippen molar-refractivity contribution >= 4 is 11.9 Å². The van der Waals surface area contributed by atoms with Crippen LogP contribution in [0.5, 0.6) is 0 Å². The number of ether oxygens (including phenoxy) is 1. The zero-order valence-corrected chi connectivity index (χ0v) is 13.5. The molecular weight excluding hydrogens is 268 g/mol. The Hall–Kier alpha value is -1.06. The second-order valence-electron chi connectivity index (χ2n) is 6.29. The van der Waals surface area contributed by atoms with Gasteiger partial charge in [-0.05, 0) is 19.3 Å². The van der Waals surface area contributed by atoms with Gasteiger partial charge in [-0.15, -0.1) is 0 Å². The van der Waals surface area contributed by atoms with Crippen molar-refractivity contribution < 1.29 is 19.4 Å². The lowest BCUT2D eigenvalue weighted by Gasteiger charge is -2.31. The minimum atomic E-state index is -0.875. The normalized spacial score (nSPS) is 25.6. The SMILES string of the molecule is CCCCCCCCCC[C@H]1C[C@@H](C(=O)O)[C@H](C)C(=O)O1. The van der Waals surface area contributed by atoms with Gasteiger partial charge in [0.05, 0.1) is 11.8 Å². The standard InChI is InChI=1S/C17H30O4/c1-3-4-5-6-7-8-9-10-11-14-12-15(16(18)19)13(2)17(20)21-14/h13-15H,3-12H2,1-2H3,(H,18,19)/t13-,14-,15+/m0/s1. The Morgan fingerprint density at radius 1 is 1.14 bits per heavy atom. The lowest BCUT2D eigenvalue weighted by Crippen LogP contribution is -2.40. The molecule has 21 heavy (non-hydrogen) atoms. The van der Waals surface area contributed by atoms with Gasteiger partial charge >= 0.3 is 11.9 Å². The second-order valence-corrected chi connectivity index (χ2v) is 6.29. The van der Waals surface area contributed by atoms with E-state index >= 15 is 0 Å². The van der Waals surface area contributed by atoms with Crippen LogP contribution < -0.4 is 0 Å². The third kappa shape index (κ3) is 6.49. The van der Waals surface area contributed by atoms with Gasteiger partial charge in [-0.2, -0.15) is 0 Å². The molecule has 0 aromatic heterocycles. The molecule has 1 fully saturated rings. The molecule has 1 N–H and O–H groups in total. The van der Waals surface area contributed by atoms with Gasteiger partial charge in [-0.25, -0.2) is 0 Å². The smallest absolute Gasteiger partial charge is 0.309 e. The molecule has 1 saturated heterocycles. The van der Waals surface area contributed by atoms with Crippen molar-refractivity contribution in [2.75, 3.05) is 0 Å². The summed E-state index contributed by atoms with van der Waals surface area (Å²) in [7, 11) is 0. The number of unbranched alkanes of at least 4 members (excludes halogenated alkanes) is 7. The lowest BCUT2D eigenvalue weighted by molar-refractivity contribution is -0.172. The van der Waals surface area contributed by atoms with Gasteiger partial charge in [0, 0.05) is 0 Å². The fraction of sp³-hybridized carbons (Fsp3) is 0.882. The maximum absolute atomic E-state index is 11.7. The quantitative estimate of drug-likeness (QED) is 0.485. The molecule has 4 nitrogen and oxygen atoms in total. The third-order valence-corrected chi connectivity index (χ3v) is 4.47. The number of carbonyl (C=O) groups is 2. The highest BCUT2D eigenvalue weighted by molar-refractivity contribution is 5.82. The Morgan fingerprint density at radius 2 is 1.71 bits per heavy atom. The molecule has 0 aliphatic carbocycles. The first kappa shape index (κ1) is 18.0. The van der Waals surface area contributed by atoms with Crippen molar-refractivity contribution in [1.82, 2.24) is 0 Å². The maximum atomic E-state index is 11.7. The average molecular weight is 298 g/mol. The molecular formula is C17H30O4. The van der Waals surface area contributed by atoms with E-state index in [1.165, 1.54) is 38.5 Å². The summed E-state index contributed by atoms with van der Waals surface area (Å²) in [5.41, 5.74) is 0. The van der Waals surface area contributed by atoms with Gasteiger partial charge in [0.1, 0.15) is 6.10 Å². The molecule has 0 aromatic rings. The largest absolute Gasteiger partial charge is 0.481 e. The number of carboxylic acids is 1. The van der Waals surface area contributed by atoms with Crippen LogP contribution in [0.4, 0.5) is 0 Å². The first-order valence-corrected chi connectivity index (χ1v) is 8.49. The van der Waals surface area contributed by atoms with Crippen LogP contribution >= 0.6 is 0 Å². The number of aliphatic carboxylic acids is 1. The van der Waals surface area contributed by atoms with Gasteiger partial charge in [0.2, 0.25) is 0 Å². The van der Waals surface area contributed by atoms with E-state index in [-0.39, 0.29) is 12.1 Å². The highest BCUT2D eigenvalue weighted by atomic mass is 16.5. The van der Waals surface area contributed by atoms with E-state index in [4.69, 9.17) is 9.84 Å². The van der Waals surface area contributed by atoms with Crippen LogP contribution in [0.15, 0.2) is 0 Å². The van der Waals surface area contributed by atoms with Gasteiger partial charge in [0.25, 0.3) is 0 Å². The highest BCUT2D eigenvalue weighted by Gasteiger charge is 2.39. The van der Waals surface area contributed by atoms with E-state index in [0.29, 0.717) is 6.42 Å². The molecule has 0 saturated carbocycles. The molecule has 1 aliphatic rings. The number of carboxylic acid groups (broad SMARTS) is 1. The molecule has 3 atom stereocenters. The van der Waals surface area contributed by atoms with Gasteiger partial charge in [-0.3, -0.25) is 9.59 Å². The maximum Gasteiger partial charge on any atom is 0.309 e. The van der Waals surface area contributed by atoms with E-state index in [0.717, 1.165) is 19.3 Å². The molecule has 0 radical (unpaired) electrons. The van der Waals surface area contributed by atoms with Crippen molar-refractivity contribution in [3.63, 3.8) is 0 Å². The zero-order chi connectivity index (χ0) is 15.7. The summed E-state index contributed by atoms with van der Waals surface area (Å²) < 4.78 is 5.34. The van der Waals surface area contributed by atoms with Crippen molar-refractivity contribution in [3.05, 3.63) is 0 Å². The molecule has 1 rings (SSSR count). The predicted octanol–water partition coefficient (Wildman–Crippen LogP) is 4.17. The highest BCUT2D eigenvalue weighted by Crippen LogP contribution is 2.29. The number of esters is 1. The molecule has 1 heterocycles. The van der Waals surface area contributed by atoms with Crippen LogP contribution in [-0.4, -0.2) is 23.1 Å². The predicted molar refractivity (Wildman–Crippen MR) is 82.0 cm³/mol. The third-order valence-electron chi connectivity index (χ3n) is 4.47. The van der Waals surface area contributed by atoms with Gasteiger partial charge < -0.3 is 9.84 Å². The van der Waals surface area contributed by atoms with Crippen LogP contribution in [0.2, 0.25) is 0 Å². The summed E-state index contributed by atoms with van der Waals surface area (Å²) in [6.07, 6.45) is 11.0. The summed E-state index contributed by atoms with van der Waals surface area (Å²) >= 11 is 0. The summed E-state index contributed by atoms with van der Waals surface area (Å²) in [5.74, 6) is -2.32. The summed E-state index contributed by atoms with van der Waals surface area (Å²) in [6.45, 7) is 3.87. The number of hydrogen-bond donors (Lipinski definition) is 1. The fourth-order valence-corrected chi connectivity index (χ4v) is 2.97. The van der Waals surface area contributed by atoms with E-state index < -0.39 is 17.8 Å². The number of carbonyl (C=O) groups excluding carboxylic acids is 1. The van der Waals surface area contributed by atoms with E-state index in [1.54, 1.807) is 6.92 Å². The Labute approximate surface area is 128 Å². The molecule has 1 aliphatic heterocycles. The molecule has 0 aromatic carbocycles. The topological polar surface area (TPSA) is 63.6 Å².